The summed E-state index contributed by atoms with van der Waals surface area (Å²) in [5.74, 6) is -1.02. The van der Waals surface area contributed by atoms with Crippen molar-refractivity contribution in [1.82, 2.24) is 4.98 Å². The quantitative estimate of drug-likeness (QED) is 0.707. The number of thiazole rings is 1. The third-order valence-electron chi connectivity index (χ3n) is 1.96. The summed E-state index contributed by atoms with van der Waals surface area (Å²) in [4.78, 5) is 14.4. The molecule has 0 aliphatic heterocycles. The van der Waals surface area contributed by atoms with Crippen molar-refractivity contribution in [3.8, 4) is 0 Å². The van der Waals surface area contributed by atoms with Gasteiger partial charge in [0.1, 0.15) is 0 Å². The van der Waals surface area contributed by atoms with E-state index < -0.39 is 16.0 Å². The molecule has 100 valence electrons. The van der Waals surface area contributed by atoms with Gasteiger partial charge in [0, 0.05) is 11.8 Å². The molecule has 0 bridgehead atoms. The molecule has 0 saturated heterocycles. The van der Waals surface area contributed by atoms with Crippen LogP contribution >= 0.6 is 11.3 Å². The van der Waals surface area contributed by atoms with Gasteiger partial charge in [0.05, 0.1) is 11.4 Å². The summed E-state index contributed by atoms with van der Waals surface area (Å²) in [7, 11) is -3.42. The van der Waals surface area contributed by atoms with Gasteiger partial charge in [-0.3, -0.25) is 9.52 Å². The van der Waals surface area contributed by atoms with Gasteiger partial charge in [-0.2, -0.15) is 0 Å². The van der Waals surface area contributed by atoms with E-state index in [4.69, 9.17) is 5.11 Å². The zero-order chi connectivity index (χ0) is 13.6. The average Bonchev–Trinajstić information content (AvgIpc) is 2.64. The highest BCUT2D eigenvalue weighted by atomic mass is 32.2. The van der Waals surface area contributed by atoms with Crippen LogP contribution in [-0.2, 0) is 21.2 Å². The summed E-state index contributed by atoms with van der Waals surface area (Å²) < 4.78 is 25.2. The highest BCUT2D eigenvalue weighted by Crippen LogP contribution is 2.18. The van der Waals surface area contributed by atoms with Gasteiger partial charge in [0.2, 0.25) is 10.0 Å². The smallest absolute Gasteiger partial charge is 0.303 e. The van der Waals surface area contributed by atoms with Crippen molar-refractivity contribution in [2.24, 2.45) is 0 Å². The topological polar surface area (TPSA) is 96.4 Å². The van der Waals surface area contributed by atoms with Crippen LogP contribution < -0.4 is 4.72 Å². The molecule has 6 nitrogen and oxygen atoms in total. The van der Waals surface area contributed by atoms with Crippen LogP contribution in [0.3, 0.4) is 0 Å². The van der Waals surface area contributed by atoms with Crippen LogP contribution in [0.25, 0.3) is 0 Å². The minimum absolute atomic E-state index is 0.0784. The molecule has 0 aliphatic rings. The fourth-order valence-electron chi connectivity index (χ4n) is 1.22. The van der Waals surface area contributed by atoms with Crippen LogP contribution in [0.4, 0.5) is 5.13 Å². The molecular formula is C10H14N2O4S2. The van der Waals surface area contributed by atoms with E-state index in [0.29, 0.717) is 23.7 Å². The number of nitrogens with one attached hydrogen (secondary N) is 1. The molecule has 0 radical (unpaired) electrons. The molecule has 18 heavy (non-hydrogen) atoms. The lowest BCUT2D eigenvalue weighted by atomic mass is 10.2. The third-order valence-corrected chi connectivity index (χ3v) is 4.07. The maximum absolute atomic E-state index is 11.4. The standard InChI is InChI=1S/C10H14N2O4S2/c1-2-6-18(15,16)12-10-11-8(7-17-10)4-3-5-9(13)14/h2,7H,1,3-6H2,(H,11,12)(H,13,14). The van der Waals surface area contributed by atoms with Gasteiger partial charge in [0.25, 0.3) is 0 Å². The number of carbonyl (C=O) groups is 1. The van der Waals surface area contributed by atoms with Gasteiger partial charge in [0.15, 0.2) is 5.13 Å². The minimum Gasteiger partial charge on any atom is -0.481 e. The van der Waals surface area contributed by atoms with Crippen LogP contribution in [0.2, 0.25) is 0 Å². The molecule has 2 N–H and O–H groups in total. The van der Waals surface area contributed by atoms with Gasteiger partial charge in [-0.15, -0.1) is 17.9 Å². The summed E-state index contributed by atoms with van der Waals surface area (Å²) in [6, 6.07) is 0. The number of aromatic nitrogens is 1. The molecular weight excluding hydrogens is 276 g/mol. The Bertz CT molecular complexity index is 522. The third kappa shape index (κ3) is 5.28. The van der Waals surface area contributed by atoms with Crippen molar-refractivity contribution in [1.29, 1.82) is 0 Å². The molecule has 1 aromatic heterocycles. The van der Waals surface area contributed by atoms with Gasteiger partial charge in [-0.25, -0.2) is 13.4 Å². The lowest BCUT2D eigenvalue weighted by Gasteiger charge is -2.00. The lowest BCUT2D eigenvalue weighted by molar-refractivity contribution is -0.137. The van der Waals surface area contributed by atoms with Crippen LogP contribution in [0.15, 0.2) is 18.0 Å². The molecule has 8 heteroatoms. The molecule has 0 aliphatic carbocycles. The summed E-state index contributed by atoms with van der Waals surface area (Å²) in [5.41, 5.74) is 0.692. The molecule has 0 unspecified atom stereocenters. The fourth-order valence-corrected chi connectivity index (χ4v) is 3.09. The fraction of sp³-hybridized carbons (Fsp3) is 0.400. The van der Waals surface area contributed by atoms with Crippen molar-refractivity contribution in [3.05, 3.63) is 23.7 Å². The predicted molar refractivity (Wildman–Crippen MR) is 70.3 cm³/mol. The van der Waals surface area contributed by atoms with Gasteiger partial charge >= 0.3 is 5.97 Å². The Morgan fingerprint density at radius 1 is 1.61 bits per heavy atom. The van der Waals surface area contributed by atoms with Gasteiger partial charge in [-0.1, -0.05) is 6.08 Å². The Labute approximate surface area is 109 Å². The Kier molecular flexibility index (Phi) is 5.29. The van der Waals surface area contributed by atoms with E-state index >= 15 is 0 Å². The van der Waals surface area contributed by atoms with Crippen LogP contribution in [0, 0.1) is 0 Å². The lowest BCUT2D eigenvalue weighted by Crippen LogP contribution is -2.15. The number of sulfonamides is 1. The summed E-state index contributed by atoms with van der Waals surface area (Å²) in [6.45, 7) is 3.36. The number of nitrogens with zero attached hydrogens (tertiary/aromatic N) is 1. The second-order valence-electron chi connectivity index (χ2n) is 3.56. The van der Waals surface area contributed by atoms with Crippen LogP contribution in [-0.4, -0.2) is 30.2 Å². The number of aryl methyl sites for hydroxylation is 1. The minimum atomic E-state index is -3.42. The molecule has 0 saturated carbocycles. The van der Waals surface area contributed by atoms with E-state index in [-0.39, 0.29) is 12.2 Å². The van der Waals surface area contributed by atoms with E-state index in [9.17, 15) is 13.2 Å². The SMILES string of the molecule is C=CCS(=O)(=O)Nc1nc(CCCC(=O)O)cs1. The van der Waals surface area contributed by atoms with Crippen molar-refractivity contribution in [2.75, 3.05) is 10.5 Å². The Hall–Kier alpha value is -1.41. The van der Waals surface area contributed by atoms with Crippen LogP contribution in [0.1, 0.15) is 18.5 Å². The maximum atomic E-state index is 11.4. The number of carboxylic acids is 1. The zero-order valence-corrected chi connectivity index (χ0v) is 11.3. The normalized spacial score (nSPS) is 11.1. The monoisotopic (exact) mass is 290 g/mol. The molecule has 1 aromatic rings. The average molecular weight is 290 g/mol. The summed E-state index contributed by atoms with van der Waals surface area (Å²) in [5, 5.41) is 10.5. The van der Waals surface area contributed by atoms with Crippen molar-refractivity contribution in [2.45, 2.75) is 19.3 Å². The largest absolute Gasteiger partial charge is 0.481 e. The Morgan fingerprint density at radius 3 is 2.94 bits per heavy atom. The number of carboxylic acid groups (broad SMARTS) is 1. The van der Waals surface area contributed by atoms with Crippen LogP contribution in [0.5, 0.6) is 0 Å². The number of hydrogen-bond donors (Lipinski definition) is 2. The second kappa shape index (κ2) is 6.50. The first kappa shape index (κ1) is 14.7. The highest BCUT2D eigenvalue weighted by molar-refractivity contribution is 7.93. The van der Waals surface area contributed by atoms with E-state index in [0.717, 1.165) is 0 Å². The van der Waals surface area contributed by atoms with E-state index in [1.165, 1.54) is 17.4 Å². The molecule has 1 heterocycles. The van der Waals surface area contributed by atoms with Crippen molar-refractivity contribution >= 4 is 32.5 Å². The number of rotatable bonds is 8. The predicted octanol–water partition coefficient (Wildman–Crippen LogP) is 1.48. The highest BCUT2D eigenvalue weighted by Gasteiger charge is 2.11. The molecule has 0 atom stereocenters. The van der Waals surface area contributed by atoms with Crippen molar-refractivity contribution in [3.63, 3.8) is 0 Å². The molecule has 0 fully saturated rings. The maximum Gasteiger partial charge on any atom is 0.303 e. The Morgan fingerprint density at radius 2 is 2.33 bits per heavy atom. The summed E-state index contributed by atoms with van der Waals surface area (Å²) in [6.07, 6.45) is 2.38. The number of aliphatic carboxylic acids is 1. The van der Waals surface area contributed by atoms with E-state index in [1.807, 2.05) is 0 Å². The number of anilines is 1. The first-order valence-corrected chi connectivity index (χ1v) is 7.74. The van der Waals surface area contributed by atoms with E-state index in [1.54, 1.807) is 5.38 Å². The summed E-state index contributed by atoms with van der Waals surface area (Å²) >= 11 is 1.18. The molecule has 0 spiro atoms. The van der Waals surface area contributed by atoms with Crippen molar-refractivity contribution < 1.29 is 18.3 Å². The first-order chi connectivity index (χ1) is 8.43. The van der Waals surface area contributed by atoms with Gasteiger partial charge in [-0.05, 0) is 12.8 Å². The second-order valence-corrected chi connectivity index (χ2v) is 6.19. The molecule has 0 aromatic carbocycles. The van der Waals surface area contributed by atoms with Gasteiger partial charge < -0.3 is 5.11 Å². The molecule has 0 amide bonds. The zero-order valence-electron chi connectivity index (χ0n) is 9.63. The number of hydrogen-bond acceptors (Lipinski definition) is 5. The first-order valence-electron chi connectivity index (χ1n) is 5.20. The molecule has 1 rings (SSSR count). The Balaban J connectivity index is 2.53. The van der Waals surface area contributed by atoms with E-state index in [2.05, 4.69) is 16.3 Å².